The first kappa shape index (κ1) is 22.1. The highest BCUT2D eigenvalue weighted by Crippen LogP contribution is 2.39. The van der Waals surface area contributed by atoms with E-state index in [2.05, 4.69) is 42.4 Å². The third-order valence-electron chi connectivity index (χ3n) is 7.92. The fourth-order valence-corrected chi connectivity index (χ4v) is 5.38. The maximum absolute atomic E-state index is 13.1. The summed E-state index contributed by atoms with van der Waals surface area (Å²) < 4.78 is 0. The van der Waals surface area contributed by atoms with Crippen LogP contribution in [0.4, 0.5) is 0 Å². The first-order valence-corrected chi connectivity index (χ1v) is 12.6. The summed E-state index contributed by atoms with van der Waals surface area (Å²) in [6.07, 6.45) is 5.29. The van der Waals surface area contributed by atoms with Crippen LogP contribution in [-0.4, -0.2) is 32.5 Å². The van der Waals surface area contributed by atoms with Gasteiger partial charge in [0.05, 0.1) is 5.69 Å². The summed E-state index contributed by atoms with van der Waals surface area (Å²) in [5.41, 5.74) is 8.45. The lowest BCUT2D eigenvalue weighted by molar-refractivity contribution is 0.0766. The molecule has 180 valence electrons. The van der Waals surface area contributed by atoms with E-state index in [0.29, 0.717) is 24.1 Å². The van der Waals surface area contributed by atoms with Gasteiger partial charge in [-0.25, -0.2) is 0 Å². The number of aromatic amines is 1. The van der Waals surface area contributed by atoms with Gasteiger partial charge in [-0.15, -0.1) is 0 Å². The molecule has 0 atom stereocenters. The molecule has 2 heterocycles. The van der Waals surface area contributed by atoms with Gasteiger partial charge in [0.1, 0.15) is 0 Å². The highest BCUT2D eigenvalue weighted by Gasteiger charge is 2.38. The Morgan fingerprint density at radius 2 is 1.86 bits per heavy atom. The predicted octanol–water partition coefficient (Wildman–Crippen LogP) is 5.03. The smallest absolute Gasteiger partial charge is 0.254 e. The number of H-pyrrole nitrogens is 1. The van der Waals surface area contributed by atoms with Gasteiger partial charge in [0.15, 0.2) is 0 Å². The molecule has 2 N–H and O–H groups in total. The van der Waals surface area contributed by atoms with Crippen molar-refractivity contribution in [3.63, 3.8) is 0 Å². The summed E-state index contributed by atoms with van der Waals surface area (Å²) in [5, 5.41) is 11.0. The molecule has 6 nitrogen and oxygen atoms in total. The minimum atomic E-state index is -0.0336. The number of hydrogen-bond acceptors (Lipinski definition) is 3. The van der Waals surface area contributed by atoms with Gasteiger partial charge in [0.25, 0.3) is 11.8 Å². The van der Waals surface area contributed by atoms with E-state index in [1.54, 1.807) is 0 Å². The fourth-order valence-electron chi connectivity index (χ4n) is 5.38. The van der Waals surface area contributed by atoms with Crippen molar-refractivity contribution < 1.29 is 9.59 Å². The van der Waals surface area contributed by atoms with Crippen LogP contribution in [0, 0.1) is 5.41 Å². The van der Waals surface area contributed by atoms with Crippen molar-refractivity contribution in [2.45, 2.75) is 71.5 Å². The molecule has 2 aliphatic carbocycles. The van der Waals surface area contributed by atoms with Gasteiger partial charge in [-0.1, -0.05) is 32.0 Å². The maximum Gasteiger partial charge on any atom is 0.254 e. The molecule has 6 rings (SSSR count). The average molecular weight is 469 g/mol. The highest BCUT2D eigenvalue weighted by molar-refractivity contribution is 5.99. The molecule has 6 heteroatoms. The second kappa shape index (κ2) is 7.80. The molecule has 1 aromatic heterocycles. The first-order chi connectivity index (χ1) is 16.7. The van der Waals surface area contributed by atoms with E-state index in [9.17, 15) is 9.59 Å². The summed E-state index contributed by atoms with van der Waals surface area (Å²) in [6, 6.07) is 13.7. The fraction of sp³-hybridized carbons (Fsp3) is 0.414. The molecule has 0 spiro atoms. The molecule has 2 amide bonds. The number of carbonyl (C=O) groups is 2. The number of aromatic nitrogens is 2. The second-order valence-electron chi connectivity index (χ2n) is 11.6. The number of rotatable bonds is 5. The van der Waals surface area contributed by atoms with E-state index >= 15 is 0 Å². The Balaban J connectivity index is 1.16. The third kappa shape index (κ3) is 4.15. The molecular formula is C29H32N4O2. The first-order valence-electron chi connectivity index (χ1n) is 12.6. The van der Waals surface area contributed by atoms with Crippen LogP contribution in [0.2, 0.25) is 0 Å². The monoisotopic (exact) mass is 468 g/mol. The Labute approximate surface area is 206 Å². The standard InChI is InChI=1S/C29H32N4O2/c1-28(2)11-10-23-24(15-28)31-32-25(23)20-8-9-22-21(14-20)17-33(27(22)35)16-18-4-6-19(7-5-18)26(34)30-29(3)12-13-29/h4-9,14H,10-13,15-17H2,1-3H3,(H,30,34)(H,31,32). The molecule has 35 heavy (non-hydrogen) atoms. The van der Waals surface area contributed by atoms with Gasteiger partial charge < -0.3 is 10.2 Å². The molecular weight excluding hydrogens is 436 g/mol. The van der Waals surface area contributed by atoms with Crippen molar-refractivity contribution in [2.24, 2.45) is 5.41 Å². The normalized spacial score (nSPS) is 19.3. The Hall–Kier alpha value is -3.41. The van der Waals surface area contributed by atoms with Crippen LogP contribution in [0.25, 0.3) is 11.3 Å². The van der Waals surface area contributed by atoms with Crippen molar-refractivity contribution in [1.29, 1.82) is 0 Å². The van der Waals surface area contributed by atoms with Crippen LogP contribution in [0.5, 0.6) is 0 Å². The minimum Gasteiger partial charge on any atom is -0.347 e. The summed E-state index contributed by atoms with van der Waals surface area (Å²) in [7, 11) is 0. The Morgan fingerprint density at radius 1 is 1.09 bits per heavy atom. The zero-order chi connectivity index (χ0) is 24.4. The Kier molecular flexibility index (Phi) is 4.92. The van der Waals surface area contributed by atoms with Crippen molar-refractivity contribution >= 4 is 11.8 Å². The summed E-state index contributed by atoms with van der Waals surface area (Å²) in [5.74, 6) is 0.0266. The molecule has 3 aromatic rings. The number of fused-ring (bicyclic) bond motifs is 2. The van der Waals surface area contributed by atoms with Crippen molar-refractivity contribution in [3.8, 4) is 11.3 Å². The third-order valence-corrected chi connectivity index (χ3v) is 7.92. The summed E-state index contributed by atoms with van der Waals surface area (Å²) >= 11 is 0. The number of benzene rings is 2. The molecule has 1 aliphatic heterocycles. The van der Waals surface area contributed by atoms with Crippen LogP contribution >= 0.6 is 0 Å². The van der Waals surface area contributed by atoms with Crippen LogP contribution in [0.3, 0.4) is 0 Å². The number of amides is 2. The number of carbonyl (C=O) groups excluding carboxylic acids is 2. The predicted molar refractivity (Wildman–Crippen MR) is 135 cm³/mol. The van der Waals surface area contributed by atoms with Gasteiger partial charge in [0.2, 0.25) is 0 Å². The molecule has 0 unspecified atom stereocenters. The highest BCUT2D eigenvalue weighted by atomic mass is 16.2. The largest absolute Gasteiger partial charge is 0.347 e. The van der Waals surface area contributed by atoms with E-state index in [1.807, 2.05) is 41.3 Å². The molecule has 0 bridgehead atoms. The topological polar surface area (TPSA) is 78.1 Å². The van der Waals surface area contributed by atoms with Gasteiger partial charge in [0, 0.05) is 46.6 Å². The zero-order valence-electron chi connectivity index (χ0n) is 20.7. The van der Waals surface area contributed by atoms with Crippen LogP contribution in [-0.2, 0) is 25.9 Å². The number of nitrogens with zero attached hydrogens (tertiary/aromatic N) is 2. The van der Waals surface area contributed by atoms with Gasteiger partial charge >= 0.3 is 0 Å². The summed E-state index contributed by atoms with van der Waals surface area (Å²) in [4.78, 5) is 27.4. The molecule has 0 radical (unpaired) electrons. The lowest BCUT2D eigenvalue weighted by Crippen LogP contribution is -2.34. The minimum absolute atomic E-state index is 0.0298. The Morgan fingerprint density at radius 3 is 2.60 bits per heavy atom. The van der Waals surface area contributed by atoms with Crippen LogP contribution in [0.15, 0.2) is 42.5 Å². The molecule has 2 aromatic carbocycles. The quantitative estimate of drug-likeness (QED) is 0.551. The SMILES string of the molecule is CC1(C)CCc2c(-c3ccc4c(c3)CN(Cc3ccc(C(=O)NC5(C)CC5)cc3)C4=O)n[nH]c2C1. The van der Waals surface area contributed by atoms with Crippen molar-refractivity contribution in [3.05, 3.63) is 76.0 Å². The summed E-state index contributed by atoms with van der Waals surface area (Å²) in [6.45, 7) is 7.80. The molecule has 1 saturated carbocycles. The van der Waals surface area contributed by atoms with E-state index in [4.69, 9.17) is 0 Å². The van der Waals surface area contributed by atoms with Gasteiger partial charge in [-0.2, -0.15) is 5.10 Å². The van der Waals surface area contributed by atoms with E-state index < -0.39 is 0 Å². The molecule has 1 fully saturated rings. The van der Waals surface area contributed by atoms with Crippen LogP contribution in [0.1, 0.15) is 83.1 Å². The van der Waals surface area contributed by atoms with Crippen LogP contribution < -0.4 is 5.32 Å². The van der Waals surface area contributed by atoms with E-state index in [-0.39, 0.29) is 17.4 Å². The average Bonchev–Trinajstić information content (AvgIpc) is 3.27. The number of hydrogen-bond donors (Lipinski definition) is 2. The maximum atomic E-state index is 13.1. The lowest BCUT2D eigenvalue weighted by atomic mass is 9.76. The van der Waals surface area contributed by atoms with E-state index in [1.165, 1.54) is 11.3 Å². The van der Waals surface area contributed by atoms with E-state index in [0.717, 1.165) is 60.1 Å². The van der Waals surface area contributed by atoms with Gasteiger partial charge in [-0.3, -0.25) is 14.7 Å². The van der Waals surface area contributed by atoms with Gasteiger partial charge in [-0.05, 0) is 79.8 Å². The molecule has 0 saturated heterocycles. The molecule has 3 aliphatic rings. The number of nitrogens with one attached hydrogen (secondary N) is 2. The second-order valence-corrected chi connectivity index (χ2v) is 11.6. The lowest BCUT2D eigenvalue weighted by Gasteiger charge is -2.29. The van der Waals surface area contributed by atoms with Crippen molar-refractivity contribution in [1.82, 2.24) is 20.4 Å². The van der Waals surface area contributed by atoms with Crippen molar-refractivity contribution in [2.75, 3.05) is 0 Å². The zero-order valence-corrected chi connectivity index (χ0v) is 20.7. The Bertz CT molecular complexity index is 1330.